The molecule has 0 radical (unpaired) electrons. The van der Waals surface area contributed by atoms with Gasteiger partial charge in [-0.1, -0.05) is 6.42 Å². The van der Waals surface area contributed by atoms with E-state index in [0.717, 1.165) is 19.3 Å². The van der Waals surface area contributed by atoms with Crippen LogP contribution in [-0.2, 0) is 5.41 Å². The average molecular weight is 368 g/mol. The lowest BCUT2D eigenvalue weighted by Crippen LogP contribution is -2.42. The van der Waals surface area contributed by atoms with Crippen LogP contribution in [0.3, 0.4) is 0 Å². The fraction of sp³-hybridized carbons (Fsp3) is 0.278. The molecule has 138 valence electrons. The molecule has 3 aromatic heterocycles. The first-order valence-electron chi connectivity index (χ1n) is 8.52. The van der Waals surface area contributed by atoms with Crippen molar-refractivity contribution in [2.75, 3.05) is 11.9 Å². The van der Waals surface area contributed by atoms with Gasteiger partial charge in [0, 0.05) is 18.2 Å². The zero-order chi connectivity index (χ0) is 18.9. The highest BCUT2D eigenvalue weighted by Crippen LogP contribution is 2.43. The Morgan fingerprint density at radius 2 is 2.11 bits per heavy atom. The van der Waals surface area contributed by atoms with E-state index in [1.54, 1.807) is 24.4 Å². The fourth-order valence-electron chi connectivity index (χ4n) is 3.18. The lowest BCUT2D eigenvalue weighted by molar-refractivity contribution is 0.0974. The van der Waals surface area contributed by atoms with Crippen LogP contribution in [0, 0.1) is 5.82 Å². The zero-order valence-electron chi connectivity index (χ0n) is 14.4. The molecule has 1 saturated carbocycles. The Bertz CT molecular complexity index is 968. The summed E-state index contributed by atoms with van der Waals surface area (Å²) in [5.74, 6) is -0.322. The first kappa shape index (κ1) is 17.1. The minimum Gasteiger partial charge on any atom is -0.429 e. The third-order valence-corrected chi connectivity index (χ3v) is 4.81. The number of amides is 1. The smallest absolute Gasteiger partial charge is 0.286 e. The number of nitrogens with one attached hydrogen (secondary N) is 1. The molecule has 9 heteroatoms. The molecular weight excluding hydrogens is 351 g/mol. The topological polar surface area (TPSA) is 120 Å². The lowest BCUT2D eigenvalue weighted by atomic mass is 9.66. The van der Waals surface area contributed by atoms with Gasteiger partial charge in [0.25, 0.3) is 5.91 Å². The van der Waals surface area contributed by atoms with Crippen molar-refractivity contribution in [2.45, 2.75) is 24.7 Å². The van der Waals surface area contributed by atoms with Gasteiger partial charge in [0.15, 0.2) is 0 Å². The predicted molar refractivity (Wildman–Crippen MR) is 94.3 cm³/mol. The van der Waals surface area contributed by atoms with Gasteiger partial charge in [-0.15, -0.1) is 10.2 Å². The summed E-state index contributed by atoms with van der Waals surface area (Å²) in [4.78, 5) is 19.3. The van der Waals surface area contributed by atoms with Crippen LogP contribution in [0.1, 0.15) is 35.5 Å². The first-order chi connectivity index (χ1) is 13.1. The van der Waals surface area contributed by atoms with Gasteiger partial charge < -0.3 is 15.5 Å². The number of hydrogen-bond acceptors (Lipinski definition) is 7. The van der Waals surface area contributed by atoms with Crippen LogP contribution in [0.2, 0.25) is 0 Å². The van der Waals surface area contributed by atoms with Gasteiger partial charge >= 0.3 is 0 Å². The molecule has 3 N–H and O–H groups in total. The van der Waals surface area contributed by atoms with Crippen molar-refractivity contribution in [1.82, 2.24) is 20.2 Å². The van der Waals surface area contributed by atoms with Crippen molar-refractivity contribution in [1.29, 1.82) is 0 Å². The molecule has 1 aliphatic carbocycles. The molecule has 1 amide bonds. The summed E-state index contributed by atoms with van der Waals surface area (Å²) in [6.45, 7) is 0.514. The largest absolute Gasteiger partial charge is 0.429 e. The number of carbonyl (C=O) groups is 1. The van der Waals surface area contributed by atoms with Crippen molar-refractivity contribution in [3.63, 3.8) is 0 Å². The Morgan fingerprint density at radius 1 is 1.26 bits per heavy atom. The van der Waals surface area contributed by atoms with Gasteiger partial charge in [-0.3, -0.25) is 9.78 Å². The van der Waals surface area contributed by atoms with Crippen molar-refractivity contribution in [3.05, 3.63) is 53.9 Å². The predicted octanol–water partition coefficient (Wildman–Crippen LogP) is 2.30. The van der Waals surface area contributed by atoms with Gasteiger partial charge in [-0.25, -0.2) is 9.37 Å². The third kappa shape index (κ3) is 3.23. The lowest BCUT2D eigenvalue weighted by Gasteiger charge is -2.41. The summed E-state index contributed by atoms with van der Waals surface area (Å²) in [5.41, 5.74) is 5.68. The highest BCUT2D eigenvalue weighted by atomic mass is 19.1. The monoisotopic (exact) mass is 368 g/mol. The van der Waals surface area contributed by atoms with Crippen LogP contribution in [0.5, 0.6) is 0 Å². The van der Waals surface area contributed by atoms with E-state index in [4.69, 9.17) is 10.2 Å². The number of hydrogen-bond donors (Lipinski definition) is 2. The molecular formula is C18H17FN6O2. The highest BCUT2D eigenvalue weighted by Gasteiger charge is 2.41. The van der Waals surface area contributed by atoms with E-state index in [9.17, 15) is 9.18 Å². The molecule has 0 unspecified atom stereocenters. The minimum atomic E-state index is -0.701. The maximum Gasteiger partial charge on any atom is 0.286 e. The number of pyridine rings is 1. The van der Waals surface area contributed by atoms with Crippen molar-refractivity contribution >= 4 is 11.7 Å². The molecule has 3 aromatic rings. The Hall–Kier alpha value is -3.36. The number of carbonyl (C=O) groups excluding carboxylic acids is 1. The summed E-state index contributed by atoms with van der Waals surface area (Å²) in [6.07, 6.45) is 5.63. The molecule has 0 atom stereocenters. The Morgan fingerprint density at radius 3 is 2.70 bits per heavy atom. The van der Waals surface area contributed by atoms with Crippen LogP contribution >= 0.6 is 0 Å². The summed E-state index contributed by atoms with van der Waals surface area (Å²) in [5, 5.41) is 11.4. The van der Waals surface area contributed by atoms with E-state index in [1.807, 2.05) is 0 Å². The number of aromatic nitrogens is 4. The molecule has 8 nitrogen and oxygen atoms in total. The number of nitrogens with two attached hydrogens (primary N) is 1. The maximum absolute atomic E-state index is 14.2. The first-order valence-corrected chi connectivity index (χ1v) is 8.52. The number of rotatable bonds is 6. The maximum atomic E-state index is 14.2. The zero-order valence-corrected chi connectivity index (χ0v) is 14.4. The number of halogens is 1. The van der Waals surface area contributed by atoms with Crippen LogP contribution in [0.15, 0.2) is 41.1 Å². The molecule has 0 spiro atoms. The number of oxazole rings is 1. The van der Waals surface area contributed by atoms with Crippen LogP contribution in [-0.4, -0.2) is 32.6 Å². The fourth-order valence-corrected chi connectivity index (χ4v) is 3.18. The van der Waals surface area contributed by atoms with Gasteiger partial charge in [0.05, 0.1) is 11.9 Å². The highest BCUT2D eigenvalue weighted by molar-refractivity contribution is 5.89. The summed E-state index contributed by atoms with van der Waals surface area (Å²) >= 11 is 0. The van der Waals surface area contributed by atoms with Gasteiger partial charge in [-0.2, -0.15) is 0 Å². The molecule has 3 heterocycles. The van der Waals surface area contributed by atoms with Crippen molar-refractivity contribution in [2.24, 2.45) is 5.73 Å². The minimum absolute atomic E-state index is 0.0432. The molecule has 0 saturated heterocycles. The molecule has 1 aliphatic rings. The van der Waals surface area contributed by atoms with Gasteiger partial charge in [0.2, 0.25) is 11.7 Å². The number of nitrogens with zero attached hydrogens (tertiary/aromatic N) is 4. The summed E-state index contributed by atoms with van der Waals surface area (Å²) in [6, 6.07) is 6.42. The Kier molecular flexibility index (Phi) is 4.27. The second-order valence-corrected chi connectivity index (χ2v) is 6.52. The van der Waals surface area contributed by atoms with E-state index in [0.29, 0.717) is 23.8 Å². The molecule has 0 aromatic carbocycles. The second-order valence-electron chi connectivity index (χ2n) is 6.52. The van der Waals surface area contributed by atoms with Crippen LogP contribution in [0.25, 0.3) is 11.6 Å². The molecule has 1 fully saturated rings. The quantitative estimate of drug-likeness (QED) is 0.685. The number of anilines is 1. The summed E-state index contributed by atoms with van der Waals surface area (Å²) in [7, 11) is 0. The molecule has 0 bridgehead atoms. The average Bonchev–Trinajstić information content (AvgIpc) is 3.13. The van der Waals surface area contributed by atoms with Gasteiger partial charge in [-0.05, 0) is 37.1 Å². The van der Waals surface area contributed by atoms with Gasteiger partial charge in [0.1, 0.15) is 17.3 Å². The van der Waals surface area contributed by atoms with Crippen molar-refractivity contribution in [3.8, 4) is 11.6 Å². The van der Waals surface area contributed by atoms with Crippen LogP contribution < -0.4 is 11.1 Å². The Balaban J connectivity index is 1.47. The number of primary amides is 1. The Labute approximate surface area is 154 Å². The van der Waals surface area contributed by atoms with Crippen LogP contribution in [0.4, 0.5) is 10.2 Å². The van der Waals surface area contributed by atoms with E-state index < -0.39 is 5.91 Å². The molecule has 4 rings (SSSR count). The van der Waals surface area contributed by atoms with E-state index >= 15 is 0 Å². The standard InChI is InChI=1S/C18H17FN6O2/c19-11-3-1-8-21-15(11)18(6-2-7-18)10-23-14-5-4-12(24-25-14)17-22-9-13(27-17)16(20)26/h1,3-5,8-9H,2,6-7,10H2,(H2,20,26)(H,23,25). The normalized spacial score (nSPS) is 15.1. The van der Waals surface area contributed by atoms with E-state index in [2.05, 4.69) is 25.5 Å². The van der Waals surface area contributed by atoms with E-state index in [1.165, 1.54) is 12.3 Å². The molecule has 27 heavy (non-hydrogen) atoms. The molecule has 0 aliphatic heterocycles. The second kappa shape index (κ2) is 6.75. The third-order valence-electron chi connectivity index (χ3n) is 4.81. The SMILES string of the molecule is NC(=O)c1cnc(-c2ccc(NCC3(c4ncccc4F)CCC3)nn2)o1. The summed E-state index contributed by atoms with van der Waals surface area (Å²) < 4.78 is 19.4. The van der Waals surface area contributed by atoms with Crippen molar-refractivity contribution < 1.29 is 13.6 Å². The van der Waals surface area contributed by atoms with E-state index in [-0.39, 0.29) is 22.9 Å².